The van der Waals surface area contributed by atoms with E-state index < -0.39 is 0 Å². The summed E-state index contributed by atoms with van der Waals surface area (Å²) in [6.07, 6.45) is 0. The van der Waals surface area contributed by atoms with Crippen molar-refractivity contribution in [2.24, 2.45) is 0 Å². The maximum absolute atomic E-state index is 12.0. The van der Waals surface area contributed by atoms with Crippen molar-refractivity contribution in [2.75, 3.05) is 30.0 Å². The van der Waals surface area contributed by atoms with Gasteiger partial charge in [-0.15, -0.1) is 0 Å². The van der Waals surface area contributed by atoms with E-state index in [0.717, 1.165) is 11.8 Å². The van der Waals surface area contributed by atoms with Gasteiger partial charge in [0.05, 0.1) is 5.75 Å². The van der Waals surface area contributed by atoms with Gasteiger partial charge in [0.15, 0.2) is 16.7 Å². The van der Waals surface area contributed by atoms with Gasteiger partial charge in [0.1, 0.15) is 19.0 Å². The maximum Gasteiger partial charge on any atom is 0.253 e. The Morgan fingerprint density at radius 2 is 2.09 bits per heavy atom. The summed E-state index contributed by atoms with van der Waals surface area (Å²) in [5.41, 5.74) is 5.73. The molecule has 1 aromatic heterocycles. The molecular weight excluding hydrogens is 320 g/mol. The minimum Gasteiger partial charge on any atom is -0.486 e. The summed E-state index contributed by atoms with van der Waals surface area (Å²) in [6.45, 7) is 0.996. The summed E-state index contributed by atoms with van der Waals surface area (Å²) >= 11 is 1.09. The normalized spacial score (nSPS) is 12.7. The second-order valence-electron chi connectivity index (χ2n) is 4.67. The van der Waals surface area contributed by atoms with Gasteiger partial charge in [0.25, 0.3) is 5.56 Å². The first-order chi connectivity index (χ1) is 11.1. The minimum absolute atomic E-state index is 0.0842. The Kier molecular flexibility index (Phi) is 4.38. The van der Waals surface area contributed by atoms with Gasteiger partial charge < -0.3 is 25.5 Å². The molecule has 2 heterocycles. The van der Waals surface area contributed by atoms with Gasteiger partial charge in [-0.25, -0.2) is 4.98 Å². The molecule has 0 saturated heterocycles. The Hall–Kier alpha value is -2.68. The highest BCUT2D eigenvalue weighted by Crippen LogP contribution is 2.32. The van der Waals surface area contributed by atoms with Gasteiger partial charge >= 0.3 is 0 Å². The lowest BCUT2D eigenvalue weighted by Crippen LogP contribution is -2.17. The second kappa shape index (κ2) is 6.61. The highest BCUT2D eigenvalue weighted by atomic mass is 32.2. The van der Waals surface area contributed by atoms with Crippen LogP contribution in [-0.4, -0.2) is 34.8 Å². The van der Waals surface area contributed by atoms with Crippen molar-refractivity contribution >= 4 is 29.2 Å². The van der Waals surface area contributed by atoms with Crippen LogP contribution in [0.15, 0.2) is 34.2 Å². The molecule has 8 nitrogen and oxygen atoms in total. The fourth-order valence-electron chi connectivity index (χ4n) is 1.97. The number of amides is 1. The summed E-state index contributed by atoms with van der Waals surface area (Å²) in [4.78, 5) is 29.7. The fraction of sp³-hybridized carbons (Fsp3) is 0.214. The first-order valence-corrected chi connectivity index (χ1v) is 7.78. The maximum atomic E-state index is 12.0. The van der Waals surface area contributed by atoms with Crippen LogP contribution in [0.25, 0.3) is 0 Å². The lowest BCUT2D eigenvalue weighted by atomic mass is 10.2. The number of hydrogen-bond donors (Lipinski definition) is 3. The summed E-state index contributed by atoms with van der Waals surface area (Å²) in [5.74, 6) is 1.22. The number of nitrogens with zero attached hydrogens (tertiary/aromatic N) is 1. The molecule has 120 valence electrons. The molecule has 0 fully saturated rings. The number of carbonyl (C=O) groups excluding carboxylic acids is 1. The van der Waals surface area contributed by atoms with E-state index in [1.54, 1.807) is 18.2 Å². The molecule has 4 N–H and O–H groups in total. The van der Waals surface area contributed by atoms with Crippen LogP contribution in [0.1, 0.15) is 0 Å². The number of ether oxygens (including phenoxy) is 2. The minimum atomic E-state index is -0.354. The number of hydrogen-bond acceptors (Lipinski definition) is 7. The number of benzene rings is 1. The average molecular weight is 334 g/mol. The van der Waals surface area contributed by atoms with Gasteiger partial charge in [-0.1, -0.05) is 11.8 Å². The number of nitrogen functional groups attached to an aromatic ring is 1. The molecule has 1 aromatic carbocycles. The molecule has 0 bridgehead atoms. The molecule has 0 spiro atoms. The van der Waals surface area contributed by atoms with Crippen molar-refractivity contribution in [2.45, 2.75) is 5.16 Å². The number of aromatic amines is 1. The molecule has 1 aliphatic heterocycles. The number of aromatic nitrogens is 2. The van der Waals surface area contributed by atoms with Crippen LogP contribution in [0.5, 0.6) is 11.5 Å². The van der Waals surface area contributed by atoms with E-state index in [0.29, 0.717) is 35.6 Å². The van der Waals surface area contributed by atoms with Crippen molar-refractivity contribution < 1.29 is 14.3 Å². The van der Waals surface area contributed by atoms with Crippen LogP contribution in [0, 0.1) is 0 Å². The van der Waals surface area contributed by atoms with E-state index in [9.17, 15) is 9.59 Å². The van der Waals surface area contributed by atoms with Crippen LogP contribution < -0.4 is 26.1 Å². The zero-order valence-electron chi connectivity index (χ0n) is 12.0. The van der Waals surface area contributed by atoms with Crippen LogP contribution in [0.2, 0.25) is 0 Å². The van der Waals surface area contributed by atoms with E-state index in [1.165, 1.54) is 6.07 Å². The van der Waals surface area contributed by atoms with E-state index in [2.05, 4.69) is 15.3 Å². The molecule has 1 amide bonds. The Labute approximate surface area is 135 Å². The number of nitrogens with one attached hydrogen (secondary N) is 2. The van der Waals surface area contributed by atoms with Gasteiger partial charge in [-0.3, -0.25) is 9.59 Å². The number of carbonyl (C=O) groups is 1. The number of rotatable bonds is 4. The number of thioether (sulfide) groups is 1. The molecule has 3 rings (SSSR count). The Morgan fingerprint density at radius 1 is 1.30 bits per heavy atom. The van der Waals surface area contributed by atoms with Crippen LogP contribution >= 0.6 is 11.8 Å². The molecule has 2 aromatic rings. The Morgan fingerprint density at radius 3 is 2.87 bits per heavy atom. The van der Waals surface area contributed by atoms with E-state index in [-0.39, 0.29) is 23.0 Å². The number of nitrogens with two attached hydrogens (primary N) is 1. The molecule has 0 aliphatic carbocycles. The van der Waals surface area contributed by atoms with Gasteiger partial charge in [0.2, 0.25) is 5.91 Å². The van der Waals surface area contributed by atoms with E-state index in [4.69, 9.17) is 15.2 Å². The standard InChI is InChI=1S/C14H14N4O4S/c15-11-6-12(19)18-14(17-11)23-7-13(20)16-8-1-2-9-10(5-8)22-4-3-21-9/h1-2,5-6H,3-4,7H2,(H,16,20)(H3,15,17,18,19). The topological polar surface area (TPSA) is 119 Å². The fourth-order valence-corrected chi connectivity index (χ4v) is 2.66. The van der Waals surface area contributed by atoms with Crippen molar-refractivity contribution in [1.82, 2.24) is 9.97 Å². The SMILES string of the molecule is Nc1cc(=O)[nH]c(SCC(=O)Nc2ccc3c(c2)OCCO3)n1. The third-order valence-electron chi connectivity index (χ3n) is 2.91. The monoisotopic (exact) mass is 334 g/mol. The molecule has 0 unspecified atom stereocenters. The molecule has 0 atom stereocenters. The van der Waals surface area contributed by atoms with Crippen molar-refractivity contribution in [3.8, 4) is 11.5 Å². The predicted molar refractivity (Wildman–Crippen MR) is 86.1 cm³/mol. The number of fused-ring (bicyclic) bond motifs is 1. The van der Waals surface area contributed by atoms with Gasteiger partial charge in [-0.2, -0.15) is 0 Å². The van der Waals surface area contributed by atoms with Crippen LogP contribution in [-0.2, 0) is 4.79 Å². The Balaban J connectivity index is 1.60. The van der Waals surface area contributed by atoms with Gasteiger partial charge in [-0.05, 0) is 12.1 Å². The molecule has 0 saturated carbocycles. The molecule has 1 aliphatic rings. The third kappa shape index (κ3) is 3.95. The summed E-state index contributed by atoms with van der Waals surface area (Å²) in [6, 6.07) is 6.36. The van der Waals surface area contributed by atoms with E-state index >= 15 is 0 Å². The quantitative estimate of drug-likeness (QED) is 0.560. The van der Waals surface area contributed by atoms with Crippen molar-refractivity contribution in [3.05, 3.63) is 34.6 Å². The second-order valence-corrected chi connectivity index (χ2v) is 5.63. The average Bonchev–Trinajstić information content (AvgIpc) is 2.52. The first-order valence-electron chi connectivity index (χ1n) is 6.79. The zero-order valence-corrected chi connectivity index (χ0v) is 12.8. The largest absolute Gasteiger partial charge is 0.486 e. The number of anilines is 2. The number of H-pyrrole nitrogens is 1. The van der Waals surface area contributed by atoms with Crippen molar-refractivity contribution in [1.29, 1.82) is 0 Å². The highest BCUT2D eigenvalue weighted by Gasteiger charge is 2.13. The summed E-state index contributed by atoms with van der Waals surface area (Å²) in [7, 11) is 0. The first kappa shape index (κ1) is 15.2. The zero-order chi connectivity index (χ0) is 16.2. The van der Waals surface area contributed by atoms with E-state index in [1.807, 2.05) is 0 Å². The van der Waals surface area contributed by atoms with Crippen LogP contribution in [0.3, 0.4) is 0 Å². The third-order valence-corrected chi connectivity index (χ3v) is 3.78. The highest BCUT2D eigenvalue weighted by molar-refractivity contribution is 7.99. The Bertz CT molecular complexity index is 793. The lowest BCUT2D eigenvalue weighted by molar-refractivity contribution is -0.113. The summed E-state index contributed by atoms with van der Waals surface area (Å²) < 4.78 is 10.9. The smallest absolute Gasteiger partial charge is 0.253 e. The molecule has 9 heteroatoms. The summed E-state index contributed by atoms with van der Waals surface area (Å²) in [5, 5.41) is 3.04. The lowest BCUT2D eigenvalue weighted by Gasteiger charge is -2.18. The van der Waals surface area contributed by atoms with Crippen LogP contribution in [0.4, 0.5) is 11.5 Å². The predicted octanol–water partition coefficient (Wildman–Crippen LogP) is 0.854. The molecule has 23 heavy (non-hydrogen) atoms. The molecule has 0 radical (unpaired) electrons. The van der Waals surface area contributed by atoms with Gasteiger partial charge in [0, 0.05) is 17.8 Å². The van der Waals surface area contributed by atoms with Crippen molar-refractivity contribution in [3.63, 3.8) is 0 Å². The molecular formula is C14H14N4O4S.